The first-order valence-corrected chi connectivity index (χ1v) is 40.6. The van der Waals surface area contributed by atoms with Crippen LogP contribution in [0.25, 0.3) is 16.0 Å². The number of anilines is 1. The SMILES string of the molecule is C/C(=C\C(=O)N[C@H]1CCc2cccc3c2N(C1=O)[C@H](C(=O)N[C@@H](CCC(N)=O)[C@@H](C)OCc1ccc(CCCOCCOCCOc2cc(-c4scnc4C)ccc2CNC(=O)[C@@H]2C[C@@H](O)CN2C(=O)[C@@H](NC(=O)C2(F)CC2)C(C)(C)C)cc1)C3)c1ccc(C(F)(F)P(=O)(OCOC(=O)C(C)(C)C)OCOC(=O)C(C)(C)C)cc1. The third-order valence-corrected chi connectivity index (χ3v) is 22.9. The Balaban J connectivity index is 0.723. The van der Waals surface area contributed by atoms with Crippen molar-refractivity contribution in [2.75, 3.05) is 58.1 Å². The molecule has 620 valence electrons. The number of carbonyl (C=O) groups excluding carboxylic acids is 9. The minimum absolute atomic E-state index is 0.0213. The third-order valence-electron chi connectivity index (χ3n) is 20.1. The van der Waals surface area contributed by atoms with E-state index in [0.29, 0.717) is 43.2 Å². The molecule has 1 saturated heterocycles. The van der Waals surface area contributed by atoms with E-state index in [0.717, 1.165) is 63.4 Å². The Bertz CT molecular complexity index is 4330. The summed E-state index contributed by atoms with van der Waals surface area (Å²) in [5, 5.41) is 22.1. The Hall–Kier alpha value is -8.94. The number of para-hydroxylation sites is 1. The molecule has 1 aliphatic carbocycles. The highest BCUT2D eigenvalue weighted by atomic mass is 32.1. The lowest BCUT2D eigenvalue weighted by Crippen LogP contribution is -2.59. The fourth-order valence-electron chi connectivity index (χ4n) is 13.1. The number of nitrogens with one attached hydrogen (secondary N) is 4. The minimum atomic E-state index is -5.62. The van der Waals surface area contributed by atoms with E-state index in [1.165, 1.54) is 87.8 Å². The zero-order chi connectivity index (χ0) is 83.3. The van der Waals surface area contributed by atoms with Crippen LogP contribution in [-0.4, -0.2) is 170 Å². The van der Waals surface area contributed by atoms with Crippen LogP contribution in [0.2, 0.25) is 0 Å². The van der Waals surface area contributed by atoms with E-state index in [1.54, 1.807) is 33.2 Å². The fourth-order valence-corrected chi connectivity index (χ4v) is 15.2. The van der Waals surface area contributed by atoms with Crippen molar-refractivity contribution in [1.82, 2.24) is 31.2 Å². The van der Waals surface area contributed by atoms with Crippen LogP contribution in [0.5, 0.6) is 5.75 Å². The molecule has 7 atom stereocenters. The normalized spacial score (nSPS) is 18.4. The Kier molecular flexibility index (Phi) is 29.8. The first kappa shape index (κ1) is 89.0. The van der Waals surface area contributed by atoms with Crippen LogP contribution in [0.3, 0.4) is 0 Å². The number of β-amino-alcohol motifs (C(OH)–C–C–N with tert-alkyl or cyclic N) is 1. The summed E-state index contributed by atoms with van der Waals surface area (Å²) in [6.45, 7) is 18.7. The molecule has 9 rings (SSSR count). The van der Waals surface area contributed by atoms with E-state index >= 15 is 8.78 Å². The number of esters is 2. The van der Waals surface area contributed by atoms with E-state index in [1.807, 2.05) is 67.6 Å². The molecule has 3 aliphatic heterocycles. The third kappa shape index (κ3) is 23.2. The number of allylic oxidation sites excluding steroid dienone is 1. The lowest BCUT2D eigenvalue weighted by atomic mass is 9.85. The largest absolute Gasteiger partial charge is 0.491 e. The van der Waals surface area contributed by atoms with E-state index in [-0.39, 0.29) is 89.0 Å². The van der Waals surface area contributed by atoms with Gasteiger partial charge in [-0.3, -0.25) is 61.7 Å². The van der Waals surface area contributed by atoms with Crippen LogP contribution in [-0.2, 0) is 119 Å². The van der Waals surface area contributed by atoms with Crippen LogP contribution < -0.4 is 36.6 Å². The van der Waals surface area contributed by atoms with Crippen molar-refractivity contribution >= 4 is 83.5 Å². The van der Waals surface area contributed by atoms with E-state index in [2.05, 4.69) is 26.3 Å². The zero-order valence-corrected chi connectivity index (χ0v) is 68.3. The number of ether oxygens (including phenoxy) is 6. The maximum absolute atomic E-state index is 16.3. The number of aliphatic hydroxyl groups is 1. The second-order valence-corrected chi connectivity index (χ2v) is 35.3. The molecule has 32 heteroatoms. The number of aryl methyl sites for hydroxylation is 3. The van der Waals surface area contributed by atoms with Crippen molar-refractivity contribution in [3.05, 3.63) is 141 Å². The topological polar surface area (TPSA) is 358 Å². The molecule has 4 aliphatic rings. The zero-order valence-electron chi connectivity index (χ0n) is 66.6. The Morgan fingerprint density at radius 3 is 2.05 bits per heavy atom. The monoisotopic (exact) mass is 1630 g/mol. The molecule has 4 aromatic carbocycles. The first-order valence-electron chi connectivity index (χ1n) is 38.2. The van der Waals surface area contributed by atoms with Crippen molar-refractivity contribution in [3.8, 4) is 16.2 Å². The highest BCUT2D eigenvalue weighted by Gasteiger charge is 2.57. The molecule has 27 nitrogen and oxygen atoms in total. The number of nitrogens with zero attached hydrogens (tertiary/aromatic N) is 3. The molecule has 0 bridgehead atoms. The lowest BCUT2D eigenvalue weighted by Gasteiger charge is -2.35. The number of carbonyl (C=O) groups is 9. The number of aromatic nitrogens is 1. The number of thiazole rings is 1. The highest BCUT2D eigenvalue weighted by Crippen LogP contribution is 2.67. The Morgan fingerprint density at radius 1 is 0.807 bits per heavy atom. The van der Waals surface area contributed by atoms with Crippen LogP contribution in [0.15, 0.2) is 96.5 Å². The smallest absolute Gasteiger partial charge is 0.410 e. The molecule has 4 heterocycles. The number of hydrogen-bond acceptors (Lipinski definition) is 21. The van der Waals surface area contributed by atoms with Gasteiger partial charge in [-0.25, -0.2) is 9.37 Å². The molecule has 0 unspecified atom stereocenters. The quantitative estimate of drug-likeness (QED) is 0.00703. The van der Waals surface area contributed by atoms with E-state index in [4.69, 9.17) is 43.2 Å². The molecule has 1 aromatic heterocycles. The molecule has 5 aromatic rings. The van der Waals surface area contributed by atoms with Gasteiger partial charge in [0.25, 0.3) is 5.91 Å². The summed E-state index contributed by atoms with van der Waals surface area (Å²) in [6.07, 6.45) is 1.87. The molecular formula is C82H106F3N8O19PS. The van der Waals surface area contributed by atoms with E-state index in [9.17, 15) is 57.2 Å². The maximum Gasteiger partial charge on any atom is 0.410 e. The van der Waals surface area contributed by atoms with Gasteiger partial charge < -0.3 is 65.4 Å². The molecule has 7 amide bonds. The first-order chi connectivity index (χ1) is 53.7. The Morgan fingerprint density at radius 2 is 1.44 bits per heavy atom. The maximum atomic E-state index is 16.3. The van der Waals surface area contributed by atoms with Crippen LogP contribution in [0.4, 0.5) is 18.9 Å². The molecule has 0 radical (unpaired) electrons. The van der Waals surface area contributed by atoms with Crippen molar-refractivity contribution in [2.45, 2.75) is 214 Å². The predicted molar refractivity (Wildman–Crippen MR) is 417 cm³/mol. The number of amides is 7. The highest BCUT2D eigenvalue weighted by molar-refractivity contribution is 7.54. The van der Waals surface area contributed by atoms with Crippen molar-refractivity contribution in [3.63, 3.8) is 0 Å². The predicted octanol–water partition coefficient (Wildman–Crippen LogP) is 10.3. The summed E-state index contributed by atoms with van der Waals surface area (Å²) in [5.74, 6) is -5.48. The molecule has 2 fully saturated rings. The van der Waals surface area contributed by atoms with Crippen LogP contribution in [0.1, 0.15) is 166 Å². The number of hydrogen-bond donors (Lipinski definition) is 6. The van der Waals surface area contributed by atoms with Gasteiger partial charge in [0.15, 0.2) is 5.67 Å². The lowest BCUT2D eigenvalue weighted by molar-refractivity contribution is -0.163. The van der Waals surface area contributed by atoms with Gasteiger partial charge in [-0.15, -0.1) is 11.3 Å². The summed E-state index contributed by atoms with van der Waals surface area (Å²) in [6, 6.07) is 18.3. The second-order valence-electron chi connectivity index (χ2n) is 32.3. The van der Waals surface area contributed by atoms with Crippen LogP contribution in [0, 0.1) is 23.2 Å². The summed E-state index contributed by atoms with van der Waals surface area (Å²) in [7, 11) is -5.62. The van der Waals surface area contributed by atoms with Crippen LogP contribution >= 0.6 is 18.9 Å². The standard InChI is InChI=1S/C82H106F3N8O19PS/c1-49(54-24-27-59(28-25-54)82(84,85)113(104,111-47-109-76(102)79(7,8)9)112-48-110-77(103)80(10,11)12)39-67(96)89-62-29-26-55-16-13-17-56-40-64(93(68(55)56)73(62)99)72(98)90-61(30-31-66(86)95)51(3)108-45-53-20-18-52(19-21-53)15-14-34-105-35-36-106-37-38-107-65-41-57(69-50(2)88-46-114-69)22-23-58(65)43-87-71(97)63-42-60(94)44-92(63)74(100)70(78(4,5)6)91-75(101)81(83)32-33-81/h13,16-25,27-28,39,41,46,51,60-64,70,94H,14-15,26,29-38,40,42-45,47-48H2,1-12H3,(H2,86,95)(H,87,97)(H,89,96)(H,90,98)(H,91,101)/b49-39+/t51-,60-,61+,62+,63+,64+,70-/m1/s1. The molecule has 114 heavy (non-hydrogen) atoms. The Labute approximate surface area is 666 Å². The van der Waals surface area contributed by atoms with Gasteiger partial charge in [0.2, 0.25) is 49.0 Å². The van der Waals surface area contributed by atoms with Crippen molar-refractivity contribution < 1.29 is 103 Å². The van der Waals surface area contributed by atoms with Crippen molar-refractivity contribution in [2.24, 2.45) is 22.0 Å². The molecular weight excluding hydrogens is 1520 g/mol. The van der Waals surface area contributed by atoms with Gasteiger partial charge in [-0.1, -0.05) is 99.6 Å². The summed E-state index contributed by atoms with van der Waals surface area (Å²) in [5.41, 5.74) is 4.13. The van der Waals surface area contributed by atoms with Gasteiger partial charge >= 0.3 is 25.2 Å². The number of primary amides is 1. The van der Waals surface area contributed by atoms with Gasteiger partial charge in [-0.05, 0) is 158 Å². The molecule has 1 saturated carbocycles. The van der Waals surface area contributed by atoms with Gasteiger partial charge in [0, 0.05) is 56.2 Å². The number of aliphatic hydroxyl groups excluding tert-OH is 1. The number of likely N-dealkylation sites (tertiary alicyclic amines) is 1. The summed E-state index contributed by atoms with van der Waals surface area (Å²) in [4.78, 5) is 129. The van der Waals surface area contributed by atoms with Gasteiger partial charge in [0.1, 0.15) is 36.5 Å². The minimum Gasteiger partial charge on any atom is -0.491 e. The van der Waals surface area contributed by atoms with Crippen molar-refractivity contribution in [1.29, 1.82) is 0 Å². The number of alkyl halides is 3. The number of rotatable bonds is 38. The summed E-state index contributed by atoms with van der Waals surface area (Å²) >= 11 is 1.48. The number of benzene rings is 4. The van der Waals surface area contributed by atoms with Gasteiger partial charge in [0.05, 0.1) is 77.3 Å². The second kappa shape index (κ2) is 38.2. The summed E-state index contributed by atoms with van der Waals surface area (Å²) < 4.78 is 106. The van der Waals surface area contributed by atoms with E-state index < -0.39 is 150 Å². The van der Waals surface area contributed by atoms with Gasteiger partial charge in [-0.2, -0.15) is 8.78 Å². The fraction of sp³-hybridized carbons (Fsp3) is 0.537. The number of halogens is 3. The average Bonchev–Trinajstić information content (AvgIpc) is 1.66. The molecule has 7 N–H and O–H groups in total. The number of nitrogens with two attached hydrogens (primary N) is 1. The molecule has 0 spiro atoms. The average molecular weight is 1630 g/mol.